The Morgan fingerprint density at radius 3 is 2.56 bits per heavy atom. The van der Waals surface area contributed by atoms with Crippen LogP contribution < -0.4 is 10.9 Å². The van der Waals surface area contributed by atoms with E-state index in [9.17, 15) is 9.59 Å². The van der Waals surface area contributed by atoms with Gasteiger partial charge in [0.2, 0.25) is 0 Å². The van der Waals surface area contributed by atoms with Gasteiger partial charge in [-0.05, 0) is 36.6 Å². The minimum absolute atomic E-state index is 0.228. The fourth-order valence-electron chi connectivity index (χ4n) is 2.89. The third kappa shape index (κ3) is 2.80. The van der Waals surface area contributed by atoms with Crippen LogP contribution in [-0.2, 0) is 0 Å². The number of aromatic nitrogens is 1. The number of aromatic amines is 1. The highest BCUT2D eigenvalue weighted by Crippen LogP contribution is 2.23. The number of hydrogen-bond donors (Lipinski definition) is 2. The van der Waals surface area contributed by atoms with Gasteiger partial charge in [0.25, 0.3) is 11.5 Å². The van der Waals surface area contributed by atoms with Crippen molar-refractivity contribution in [2.24, 2.45) is 0 Å². The quantitative estimate of drug-likeness (QED) is 0.600. The molecule has 124 valence electrons. The summed E-state index contributed by atoms with van der Waals surface area (Å²) in [4.78, 5) is 27.3. The van der Waals surface area contributed by atoms with E-state index in [1.165, 1.54) is 0 Å². The molecule has 1 amide bonds. The number of H-pyrrole nitrogens is 1. The van der Waals surface area contributed by atoms with Crippen LogP contribution >= 0.6 is 0 Å². The van der Waals surface area contributed by atoms with Gasteiger partial charge in [0.15, 0.2) is 0 Å². The Balaban J connectivity index is 1.62. The monoisotopic (exact) mass is 332 g/mol. The molecule has 5 nitrogen and oxygen atoms in total. The van der Waals surface area contributed by atoms with Gasteiger partial charge >= 0.3 is 0 Å². The number of nitrogens with one attached hydrogen (secondary N) is 2. The van der Waals surface area contributed by atoms with E-state index in [1.807, 2.05) is 49.4 Å². The van der Waals surface area contributed by atoms with Crippen LogP contribution in [0, 0.1) is 0 Å². The van der Waals surface area contributed by atoms with Crippen LogP contribution in [0.15, 0.2) is 69.9 Å². The van der Waals surface area contributed by atoms with Gasteiger partial charge in [0.05, 0.1) is 6.04 Å². The van der Waals surface area contributed by atoms with Crippen LogP contribution in [0.3, 0.4) is 0 Å². The predicted octanol–water partition coefficient (Wildman–Crippen LogP) is 3.77. The minimum atomic E-state index is -0.351. The molecule has 0 aliphatic heterocycles. The number of pyridine rings is 1. The molecule has 0 bridgehead atoms. The second-order valence-electron chi connectivity index (χ2n) is 5.98. The Labute approximate surface area is 143 Å². The van der Waals surface area contributed by atoms with E-state index in [-0.39, 0.29) is 23.2 Å². The topological polar surface area (TPSA) is 75.1 Å². The molecule has 2 N–H and O–H groups in total. The summed E-state index contributed by atoms with van der Waals surface area (Å²) in [5.41, 5.74) is 0.726. The summed E-state index contributed by atoms with van der Waals surface area (Å²) in [5.74, 6) is 0.313. The third-order valence-corrected chi connectivity index (χ3v) is 4.22. The van der Waals surface area contributed by atoms with Gasteiger partial charge in [0, 0.05) is 10.8 Å². The zero-order valence-electron chi connectivity index (χ0n) is 13.6. The van der Waals surface area contributed by atoms with Crippen molar-refractivity contribution >= 4 is 27.6 Å². The molecule has 0 fully saturated rings. The van der Waals surface area contributed by atoms with Crippen molar-refractivity contribution in [3.05, 3.63) is 82.5 Å². The van der Waals surface area contributed by atoms with Gasteiger partial charge in [-0.3, -0.25) is 9.59 Å². The zero-order chi connectivity index (χ0) is 17.4. The molecule has 0 radical (unpaired) electrons. The van der Waals surface area contributed by atoms with E-state index in [4.69, 9.17) is 4.42 Å². The number of rotatable bonds is 3. The summed E-state index contributed by atoms with van der Waals surface area (Å²) in [6.07, 6.45) is 0. The molecule has 2 heterocycles. The molecule has 0 aliphatic carbocycles. The highest BCUT2D eigenvalue weighted by atomic mass is 16.3. The first-order valence-electron chi connectivity index (χ1n) is 8.03. The first-order chi connectivity index (χ1) is 12.1. The molecule has 25 heavy (non-hydrogen) atoms. The van der Waals surface area contributed by atoms with Crippen molar-refractivity contribution in [3.8, 4) is 0 Å². The van der Waals surface area contributed by atoms with Gasteiger partial charge in [-0.15, -0.1) is 0 Å². The molecule has 5 heteroatoms. The van der Waals surface area contributed by atoms with Crippen molar-refractivity contribution in [1.82, 2.24) is 10.3 Å². The molecule has 0 saturated carbocycles. The molecule has 4 aromatic rings. The highest BCUT2D eigenvalue weighted by molar-refractivity contribution is 5.96. The fourth-order valence-corrected chi connectivity index (χ4v) is 2.89. The lowest BCUT2D eigenvalue weighted by atomic mass is 10.1. The molecule has 0 unspecified atom stereocenters. The number of carbonyl (C=O) groups is 1. The molecule has 1 atom stereocenters. The average molecular weight is 332 g/mol. The minimum Gasteiger partial charge on any atom is -0.459 e. The summed E-state index contributed by atoms with van der Waals surface area (Å²) in [6.45, 7) is 1.84. The lowest BCUT2D eigenvalue weighted by Gasteiger charge is -2.11. The van der Waals surface area contributed by atoms with E-state index in [0.29, 0.717) is 11.1 Å². The Kier molecular flexibility index (Phi) is 3.61. The molecule has 2 aromatic carbocycles. The normalized spacial score (nSPS) is 12.4. The van der Waals surface area contributed by atoms with E-state index in [0.717, 1.165) is 16.4 Å². The number of amides is 1. The second kappa shape index (κ2) is 5.94. The predicted molar refractivity (Wildman–Crippen MR) is 96.7 cm³/mol. The third-order valence-electron chi connectivity index (χ3n) is 4.22. The number of hydrogen-bond acceptors (Lipinski definition) is 3. The lowest BCUT2D eigenvalue weighted by Crippen LogP contribution is -2.28. The van der Waals surface area contributed by atoms with Crippen molar-refractivity contribution in [2.75, 3.05) is 0 Å². The summed E-state index contributed by atoms with van der Waals surface area (Å²) in [7, 11) is 0. The summed E-state index contributed by atoms with van der Waals surface area (Å²) in [6, 6.07) is 18.1. The maximum absolute atomic E-state index is 12.5. The SMILES string of the molecule is C[C@H](NC(=O)c1cc2ccccc2c(=O)[nH]1)c1cc2ccccc2o1. The molecular weight excluding hydrogens is 316 g/mol. The van der Waals surface area contributed by atoms with Crippen molar-refractivity contribution in [1.29, 1.82) is 0 Å². The molecule has 4 rings (SSSR count). The van der Waals surface area contributed by atoms with Crippen LogP contribution in [0.4, 0.5) is 0 Å². The van der Waals surface area contributed by atoms with Crippen LogP contribution in [0.1, 0.15) is 29.2 Å². The zero-order valence-corrected chi connectivity index (χ0v) is 13.6. The first-order valence-corrected chi connectivity index (χ1v) is 8.03. The Hall–Kier alpha value is -3.34. The van der Waals surface area contributed by atoms with Gasteiger partial charge in [-0.2, -0.15) is 0 Å². The number of benzene rings is 2. The van der Waals surface area contributed by atoms with Crippen molar-refractivity contribution in [3.63, 3.8) is 0 Å². The number of para-hydroxylation sites is 1. The van der Waals surface area contributed by atoms with Crippen LogP contribution in [0.5, 0.6) is 0 Å². The van der Waals surface area contributed by atoms with Gasteiger partial charge in [-0.1, -0.05) is 36.4 Å². The fraction of sp³-hybridized carbons (Fsp3) is 0.100. The van der Waals surface area contributed by atoms with E-state index in [2.05, 4.69) is 10.3 Å². The van der Waals surface area contributed by atoms with Crippen LogP contribution in [0.25, 0.3) is 21.7 Å². The van der Waals surface area contributed by atoms with Crippen LogP contribution in [0.2, 0.25) is 0 Å². The Bertz CT molecular complexity index is 1110. The average Bonchev–Trinajstić information content (AvgIpc) is 3.06. The standard InChI is InChI=1S/C20H16N2O3/c1-12(18-11-14-7-3-5-9-17(14)25-18)21-20(24)16-10-13-6-2-4-8-15(13)19(23)22-16/h2-12H,1H3,(H,21,24)(H,22,23)/t12-/m0/s1. The Morgan fingerprint density at radius 2 is 1.76 bits per heavy atom. The van der Waals surface area contributed by atoms with Crippen molar-refractivity contribution in [2.45, 2.75) is 13.0 Å². The van der Waals surface area contributed by atoms with E-state index in [1.54, 1.807) is 18.2 Å². The summed E-state index contributed by atoms with van der Waals surface area (Å²) < 4.78 is 5.77. The van der Waals surface area contributed by atoms with Crippen LogP contribution in [-0.4, -0.2) is 10.9 Å². The van der Waals surface area contributed by atoms with Gasteiger partial charge < -0.3 is 14.7 Å². The van der Waals surface area contributed by atoms with Gasteiger partial charge in [0.1, 0.15) is 17.0 Å². The summed E-state index contributed by atoms with van der Waals surface area (Å²) >= 11 is 0. The molecule has 0 aliphatic rings. The van der Waals surface area contributed by atoms with E-state index >= 15 is 0 Å². The summed E-state index contributed by atoms with van der Waals surface area (Å²) in [5, 5.41) is 5.14. The number of furan rings is 1. The largest absolute Gasteiger partial charge is 0.459 e. The second-order valence-corrected chi connectivity index (χ2v) is 5.98. The molecule has 0 spiro atoms. The molecule has 2 aromatic heterocycles. The maximum Gasteiger partial charge on any atom is 0.268 e. The maximum atomic E-state index is 12.5. The van der Waals surface area contributed by atoms with E-state index < -0.39 is 0 Å². The van der Waals surface area contributed by atoms with Gasteiger partial charge in [-0.25, -0.2) is 0 Å². The molecule has 0 saturated heterocycles. The lowest BCUT2D eigenvalue weighted by molar-refractivity contribution is 0.0930. The first kappa shape index (κ1) is 15.2. The number of fused-ring (bicyclic) bond motifs is 2. The van der Waals surface area contributed by atoms with Crippen molar-refractivity contribution < 1.29 is 9.21 Å². The highest BCUT2D eigenvalue weighted by Gasteiger charge is 2.16. The molecular formula is C20H16N2O3. The smallest absolute Gasteiger partial charge is 0.268 e. The Morgan fingerprint density at radius 1 is 1.04 bits per heavy atom. The number of carbonyl (C=O) groups excluding carboxylic acids is 1.